The van der Waals surface area contributed by atoms with E-state index in [1.54, 1.807) is 0 Å². The van der Waals surface area contributed by atoms with Gasteiger partial charge in [0, 0.05) is 6.61 Å². The highest BCUT2D eigenvalue weighted by Crippen LogP contribution is 2.24. The van der Waals surface area contributed by atoms with Crippen molar-refractivity contribution in [2.45, 2.75) is 46.3 Å². The Labute approximate surface area is 96.4 Å². The van der Waals surface area contributed by atoms with Gasteiger partial charge in [0.2, 0.25) is 11.7 Å². The van der Waals surface area contributed by atoms with E-state index in [0.29, 0.717) is 24.2 Å². The standard InChI is InChI=1S/C11H21N3O2/c1-5-8(12)11-13-10(14-16-11)9(7(3)4)15-6-2/h7-9H,5-6,12H2,1-4H3/t8-,9?/m1/s1. The number of rotatable bonds is 6. The first kappa shape index (κ1) is 13.1. The summed E-state index contributed by atoms with van der Waals surface area (Å²) in [7, 11) is 0. The molecule has 1 heterocycles. The molecule has 1 unspecified atom stereocenters. The predicted octanol–water partition coefficient (Wildman–Crippen LogP) is 2.21. The summed E-state index contributed by atoms with van der Waals surface area (Å²) in [6.45, 7) is 8.70. The maximum atomic E-state index is 5.82. The maximum Gasteiger partial charge on any atom is 0.243 e. The van der Waals surface area contributed by atoms with Gasteiger partial charge < -0.3 is 15.0 Å². The number of nitrogens with zero attached hydrogens (tertiary/aromatic N) is 2. The van der Waals surface area contributed by atoms with Crippen molar-refractivity contribution in [1.82, 2.24) is 10.1 Å². The first-order valence-corrected chi connectivity index (χ1v) is 5.80. The van der Waals surface area contributed by atoms with Crippen LogP contribution in [0.1, 0.15) is 58.0 Å². The third-order valence-electron chi connectivity index (χ3n) is 2.42. The van der Waals surface area contributed by atoms with Crippen molar-refractivity contribution in [2.75, 3.05) is 6.61 Å². The molecule has 0 amide bonds. The molecular formula is C11H21N3O2. The van der Waals surface area contributed by atoms with Crippen molar-refractivity contribution in [3.05, 3.63) is 11.7 Å². The van der Waals surface area contributed by atoms with Crippen LogP contribution in [0.3, 0.4) is 0 Å². The van der Waals surface area contributed by atoms with Gasteiger partial charge in [0.1, 0.15) is 6.10 Å². The molecule has 92 valence electrons. The molecule has 0 aliphatic heterocycles. The highest BCUT2D eigenvalue weighted by molar-refractivity contribution is 4.95. The Bertz CT molecular complexity index is 312. The van der Waals surface area contributed by atoms with E-state index in [1.807, 2.05) is 13.8 Å². The molecular weight excluding hydrogens is 206 g/mol. The largest absolute Gasteiger partial charge is 0.370 e. The van der Waals surface area contributed by atoms with E-state index < -0.39 is 0 Å². The first-order valence-electron chi connectivity index (χ1n) is 5.80. The summed E-state index contributed by atoms with van der Waals surface area (Å²) in [5.74, 6) is 1.39. The molecule has 2 N–H and O–H groups in total. The van der Waals surface area contributed by atoms with Gasteiger partial charge in [0.15, 0.2) is 0 Å². The third-order valence-corrected chi connectivity index (χ3v) is 2.42. The Balaban J connectivity index is 2.81. The second-order valence-corrected chi connectivity index (χ2v) is 4.13. The summed E-state index contributed by atoms with van der Waals surface area (Å²) in [4.78, 5) is 4.29. The summed E-state index contributed by atoms with van der Waals surface area (Å²) in [6, 6.07) is -0.185. The highest BCUT2D eigenvalue weighted by Gasteiger charge is 2.23. The van der Waals surface area contributed by atoms with Gasteiger partial charge in [-0.2, -0.15) is 4.98 Å². The average molecular weight is 227 g/mol. The van der Waals surface area contributed by atoms with Gasteiger partial charge in [-0.25, -0.2) is 0 Å². The third kappa shape index (κ3) is 3.02. The van der Waals surface area contributed by atoms with E-state index in [2.05, 4.69) is 24.0 Å². The molecule has 0 radical (unpaired) electrons. The Morgan fingerprint density at radius 1 is 1.38 bits per heavy atom. The molecule has 0 fully saturated rings. The predicted molar refractivity (Wildman–Crippen MR) is 60.7 cm³/mol. The van der Waals surface area contributed by atoms with Crippen LogP contribution < -0.4 is 5.73 Å². The molecule has 0 spiro atoms. The number of ether oxygens (including phenoxy) is 1. The molecule has 1 aromatic rings. The topological polar surface area (TPSA) is 74.2 Å². The Kier molecular flexibility index (Phi) is 4.89. The fourth-order valence-corrected chi connectivity index (χ4v) is 1.43. The van der Waals surface area contributed by atoms with E-state index in [4.69, 9.17) is 15.0 Å². The zero-order valence-electron chi connectivity index (χ0n) is 10.4. The Morgan fingerprint density at radius 3 is 2.56 bits per heavy atom. The summed E-state index contributed by atoms with van der Waals surface area (Å²) >= 11 is 0. The van der Waals surface area contributed by atoms with Gasteiger partial charge in [-0.05, 0) is 19.3 Å². The molecule has 0 aliphatic rings. The van der Waals surface area contributed by atoms with Gasteiger partial charge in [-0.3, -0.25) is 0 Å². The van der Waals surface area contributed by atoms with Crippen LogP contribution in [0.2, 0.25) is 0 Å². The second kappa shape index (κ2) is 5.96. The fourth-order valence-electron chi connectivity index (χ4n) is 1.43. The van der Waals surface area contributed by atoms with Gasteiger partial charge in [0.05, 0.1) is 6.04 Å². The molecule has 0 bridgehead atoms. The van der Waals surface area contributed by atoms with Crippen molar-refractivity contribution < 1.29 is 9.26 Å². The van der Waals surface area contributed by atoms with Crippen molar-refractivity contribution in [3.63, 3.8) is 0 Å². The fraction of sp³-hybridized carbons (Fsp3) is 0.818. The van der Waals surface area contributed by atoms with Crippen molar-refractivity contribution in [2.24, 2.45) is 11.7 Å². The van der Waals surface area contributed by atoms with Crippen LogP contribution in [0, 0.1) is 5.92 Å². The van der Waals surface area contributed by atoms with E-state index in [1.165, 1.54) is 0 Å². The summed E-state index contributed by atoms with van der Waals surface area (Å²) in [6.07, 6.45) is 0.661. The molecule has 16 heavy (non-hydrogen) atoms. The van der Waals surface area contributed by atoms with Crippen molar-refractivity contribution in [1.29, 1.82) is 0 Å². The number of hydrogen-bond acceptors (Lipinski definition) is 5. The average Bonchev–Trinajstić information content (AvgIpc) is 2.73. The molecule has 0 aromatic carbocycles. The number of nitrogens with two attached hydrogens (primary N) is 1. The van der Waals surface area contributed by atoms with Crippen molar-refractivity contribution >= 4 is 0 Å². The lowest BCUT2D eigenvalue weighted by molar-refractivity contribution is 0.0217. The molecule has 0 saturated heterocycles. The van der Waals surface area contributed by atoms with Gasteiger partial charge in [-0.15, -0.1) is 0 Å². The number of hydrogen-bond donors (Lipinski definition) is 1. The van der Waals surface area contributed by atoms with Gasteiger partial charge in [-0.1, -0.05) is 25.9 Å². The molecule has 5 heteroatoms. The SMILES string of the molecule is CCOC(c1noc([C@H](N)CC)n1)C(C)C. The van der Waals surface area contributed by atoms with Crippen LogP contribution >= 0.6 is 0 Å². The lowest BCUT2D eigenvalue weighted by Crippen LogP contribution is -2.14. The molecule has 2 atom stereocenters. The quantitative estimate of drug-likeness (QED) is 0.806. The minimum atomic E-state index is -0.185. The van der Waals surface area contributed by atoms with Crippen LogP contribution in [0.25, 0.3) is 0 Å². The van der Waals surface area contributed by atoms with E-state index >= 15 is 0 Å². The smallest absolute Gasteiger partial charge is 0.243 e. The lowest BCUT2D eigenvalue weighted by Gasteiger charge is -2.16. The minimum Gasteiger partial charge on any atom is -0.370 e. The normalized spacial score (nSPS) is 15.4. The van der Waals surface area contributed by atoms with Gasteiger partial charge >= 0.3 is 0 Å². The lowest BCUT2D eigenvalue weighted by atomic mass is 10.1. The molecule has 1 rings (SSSR count). The number of aromatic nitrogens is 2. The van der Waals surface area contributed by atoms with Crippen LogP contribution in [0.15, 0.2) is 4.52 Å². The van der Waals surface area contributed by atoms with Crippen LogP contribution in [0.5, 0.6) is 0 Å². The van der Waals surface area contributed by atoms with Crippen molar-refractivity contribution in [3.8, 4) is 0 Å². The van der Waals surface area contributed by atoms with Crippen LogP contribution in [0.4, 0.5) is 0 Å². The summed E-state index contributed by atoms with van der Waals surface area (Å²) < 4.78 is 10.7. The Hall–Kier alpha value is -0.940. The monoisotopic (exact) mass is 227 g/mol. The Morgan fingerprint density at radius 2 is 2.06 bits per heavy atom. The van der Waals surface area contributed by atoms with E-state index in [0.717, 1.165) is 6.42 Å². The molecule has 1 aromatic heterocycles. The summed E-state index contributed by atoms with van der Waals surface area (Å²) in [5.41, 5.74) is 5.82. The zero-order chi connectivity index (χ0) is 12.1. The van der Waals surface area contributed by atoms with Gasteiger partial charge in [0.25, 0.3) is 0 Å². The minimum absolute atomic E-state index is 0.119. The van der Waals surface area contributed by atoms with E-state index in [9.17, 15) is 0 Å². The highest BCUT2D eigenvalue weighted by atomic mass is 16.5. The first-order chi connectivity index (χ1) is 7.60. The zero-order valence-corrected chi connectivity index (χ0v) is 10.4. The maximum absolute atomic E-state index is 5.82. The summed E-state index contributed by atoms with van der Waals surface area (Å²) in [5, 5.41) is 3.93. The van der Waals surface area contributed by atoms with E-state index in [-0.39, 0.29) is 12.1 Å². The molecule has 0 aliphatic carbocycles. The molecule has 5 nitrogen and oxygen atoms in total. The second-order valence-electron chi connectivity index (χ2n) is 4.13. The molecule has 0 saturated carbocycles. The van der Waals surface area contributed by atoms with Crippen LogP contribution in [-0.2, 0) is 4.74 Å². The van der Waals surface area contributed by atoms with Crippen LogP contribution in [-0.4, -0.2) is 16.7 Å².